The van der Waals surface area contributed by atoms with Crippen LogP contribution in [0.5, 0.6) is 0 Å². The molecule has 21 heavy (non-hydrogen) atoms. The molecule has 2 N–H and O–H groups in total. The molecule has 1 aliphatic rings. The standard InChI is InChI=1S/C16H19N3OS/c1-2-20-10-15-18-14(17)9-16(19-15)21-13-7-6-11-4-3-5-12(11)8-13/h6-9H,2-5,10H2,1H3,(H2,17,18,19). The quantitative estimate of drug-likeness (QED) is 0.859. The molecule has 1 aromatic carbocycles. The molecule has 1 aromatic heterocycles. The van der Waals surface area contributed by atoms with Gasteiger partial charge in [0.2, 0.25) is 0 Å². The van der Waals surface area contributed by atoms with E-state index in [1.54, 1.807) is 11.8 Å². The van der Waals surface area contributed by atoms with E-state index in [2.05, 4.69) is 28.2 Å². The lowest BCUT2D eigenvalue weighted by molar-refractivity contribution is 0.128. The zero-order valence-electron chi connectivity index (χ0n) is 12.1. The third-order valence-electron chi connectivity index (χ3n) is 3.50. The van der Waals surface area contributed by atoms with E-state index < -0.39 is 0 Å². The number of aryl methyl sites for hydroxylation is 2. The number of nitrogens with two attached hydrogens (primary N) is 1. The molecule has 4 nitrogen and oxygen atoms in total. The first-order valence-corrected chi connectivity index (χ1v) is 8.07. The summed E-state index contributed by atoms with van der Waals surface area (Å²) in [4.78, 5) is 9.91. The zero-order valence-corrected chi connectivity index (χ0v) is 12.9. The summed E-state index contributed by atoms with van der Waals surface area (Å²) < 4.78 is 5.35. The first-order chi connectivity index (χ1) is 10.2. The van der Waals surface area contributed by atoms with Crippen molar-refractivity contribution in [2.24, 2.45) is 0 Å². The SMILES string of the molecule is CCOCc1nc(N)cc(Sc2ccc3c(c2)CCC3)n1. The number of rotatable bonds is 5. The van der Waals surface area contributed by atoms with E-state index in [0.717, 1.165) is 5.03 Å². The van der Waals surface area contributed by atoms with Crippen LogP contribution in [0, 0.1) is 0 Å². The molecule has 5 heteroatoms. The number of aromatic nitrogens is 2. The third kappa shape index (κ3) is 3.54. The third-order valence-corrected chi connectivity index (χ3v) is 4.40. The monoisotopic (exact) mass is 301 g/mol. The maximum atomic E-state index is 5.85. The van der Waals surface area contributed by atoms with Crippen molar-refractivity contribution in [1.82, 2.24) is 9.97 Å². The topological polar surface area (TPSA) is 61.0 Å². The van der Waals surface area contributed by atoms with Crippen LogP contribution in [0.3, 0.4) is 0 Å². The Hall–Kier alpha value is -1.59. The van der Waals surface area contributed by atoms with Crippen molar-refractivity contribution in [3.8, 4) is 0 Å². The van der Waals surface area contributed by atoms with Crippen LogP contribution in [0.4, 0.5) is 5.82 Å². The van der Waals surface area contributed by atoms with Crippen LogP contribution in [0.1, 0.15) is 30.3 Å². The smallest absolute Gasteiger partial charge is 0.157 e. The Balaban J connectivity index is 1.79. The van der Waals surface area contributed by atoms with E-state index >= 15 is 0 Å². The van der Waals surface area contributed by atoms with Gasteiger partial charge in [-0.2, -0.15) is 0 Å². The minimum absolute atomic E-state index is 0.402. The average Bonchev–Trinajstić information content (AvgIpc) is 2.92. The van der Waals surface area contributed by atoms with Gasteiger partial charge in [0, 0.05) is 17.6 Å². The fourth-order valence-corrected chi connectivity index (χ4v) is 3.44. The lowest BCUT2D eigenvalue weighted by atomic mass is 10.1. The molecule has 2 aromatic rings. The molecule has 0 bridgehead atoms. The number of ether oxygens (including phenoxy) is 1. The van der Waals surface area contributed by atoms with Crippen LogP contribution in [-0.4, -0.2) is 16.6 Å². The van der Waals surface area contributed by atoms with Gasteiger partial charge in [0.25, 0.3) is 0 Å². The zero-order chi connectivity index (χ0) is 14.7. The molecule has 0 saturated carbocycles. The van der Waals surface area contributed by atoms with Crippen LogP contribution in [0.2, 0.25) is 0 Å². The van der Waals surface area contributed by atoms with Gasteiger partial charge in [0.05, 0.1) is 0 Å². The molecule has 110 valence electrons. The van der Waals surface area contributed by atoms with Crippen molar-refractivity contribution in [1.29, 1.82) is 0 Å². The molecule has 0 atom stereocenters. The number of hydrogen-bond acceptors (Lipinski definition) is 5. The summed E-state index contributed by atoms with van der Waals surface area (Å²) >= 11 is 1.63. The summed E-state index contributed by atoms with van der Waals surface area (Å²) in [6, 6.07) is 8.48. The Morgan fingerprint density at radius 1 is 1.19 bits per heavy atom. The molecule has 0 fully saturated rings. The van der Waals surface area contributed by atoms with Crippen molar-refractivity contribution in [2.75, 3.05) is 12.3 Å². The highest BCUT2D eigenvalue weighted by Crippen LogP contribution is 2.31. The van der Waals surface area contributed by atoms with E-state index in [4.69, 9.17) is 10.5 Å². The Morgan fingerprint density at radius 2 is 2.05 bits per heavy atom. The second-order valence-corrected chi connectivity index (χ2v) is 6.16. The van der Waals surface area contributed by atoms with E-state index in [9.17, 15) is 0 Å². The van der Waals surface area contributed by atoms with Crippen LogP contribution >= 0.6 is 11.8 Å². The van der Waals surface area contributed by atoms with Crippen molar-refractivity contribution < 1.29 is 4.74 Å². The highest BCUT2D eigenvalue weighted by molar-refractivity contribution is 7.99. The molecule has 3 rings (SSSR count). The van der Waals surface area contributed by atoms with Crippen LogP contribution in [-0.2, 0) is 24.2 Å². The summed E-state index contributed by atoms with van der Waals surface area (Å²) in [5.41, 5.74) is 8.81. The Kier molecular flexibility index (Phi) is 4.41. The summed E-state index contributed by atoms with van der Waals surface area (Å²) in [7, 11) is 0. The van der Waals surface area contributed by atoms with Gasteiger partial charge < -0.3 is 10.5 Å². The first kappa shape index (κ1) is 14.4. The Morgan fingerprint density at radius 3 is 2.90 bits per heavy atom. The van der Waals surface area contributed by atoms with Gasteiger partial charge in [-0.15, -0.1) is 0 Å². The van der Waals surface area contributed by atoms with E-state index in [-0.39, 0.29) is 0 Å². The highest BCUT2D eigenvalue weighted by atomic mass is 32.2. The molecule has 0 radical (unpaired) electrons. The fraction of sp³-hybridized carbons (Fsp3) is 0.375. The highest BCUT2D eigenvalue weighted by Gasteiger charge is 2.12. The maximum absolute atomic E-state index is 5.85. The van der Waals surface area contributed by atoms with Gasteiger partial charge >= 0.3 is 0 Å². The van der Waals surface area contributed by atoms with E-state index in [1.807, 2.05) is 13.0 Å². The largest absolute Gasteiger partial charge is 0.384 e. The molecule has 0 spiro atoms. The molecular weight excluding hydrogens is 282 g/mol. The van der Waals surface area contributed by atoms with Crippen molar-refractivity contribution in [2.45, 2.75) is 42.7 Å². The average molecular weight is 301 g/mol. The lowest BCUT2D eigenvalue weighted by Crippen LogP contribution is -2.03. The fourth-order valence-electron chi connectivity index (χ4n) is 2.53. The first-order valence-electron chi connectivity index (χ1n) is 7.25. The van der Waals surface area contributed by atoms with Crippen molar-refractivity contribution in [3.05, 3.63) is 41.2 Å². The number of fused-ring (bicyclic) bond motifs is 1. The van der Waals surface area contributed by atoms with Crippen LogP contribution in [0.15, 0.2) is 34.2 Å². The Labute approximate surface area is 129 Å². The number of nitrogens with zero attached hydrogens (tertiary/aromatic N) is 2. The van der Waals surface area contributed by atoms with Gasteiger partial charge in [-0.1, -0.05) is 17.8 Å². The second kappa shape index (κ2) is 6.45. The maximum Gasteiger partial charge on any atom is 0.157 e. The predicted molar refractivity (Wildman–Crippen MR) is 84.4 cm³/mol. The molecule has 0 saturated heterocycles. The van der Waals surface area contributed by atoms with Gasteiger partial charge in [-0.05, 0) is 49.4 Å². The van der Waals surface area contributed by atoms with E-state index in [0.29, 0.717) is 24.9 Å². The minimum atomic E-state index is 0.402. The Bertz CT molecular complexity index is 645. The molecule has 0 unspecified atom stereocenters. The molecule has 1 heterocycles. The molecular formula is C16H19N3OS. The van der Waals surface area contributed by atoms with Crippen molar-refractivity contribution >= 4 is 17.6 Å². The number of nitrogen functional groups attached to an aromatic ring is 1. The summed E-state index contributed by atoms with van der Waals surface area (Å²) in [5.74, 6) is 1.13. The summed E-state index contributed by atoms with van der Waals surface area (Å²) in [6.45, 7) is 3.00. The normalized spacial score (nSPS) is 13.4. The number of benzene rings is 1. The predicted octanol–water partition coefficient (Wildman–Crippen LogP) is 3.24. The summed E-state index contributed by atoms with van der Waals surface area (Å²) in [6.07, 6.45) is 3.66. The minimum Gasteiger partial charge on any atom is -0.384 e. The van der Waals surface area contributed by atoms with E-state index in [1.165, 1.54) is 35.3 Å². The molecule has 0 aliphatic heterocycles. The van der Waals surface area contributed by atoms with Crippen molar-refractivity contribution in [3.63, 3.8) is 0 Å². The number of hydrogen-bond donors (Lipinski definition) is 1. The molecule has 0 amide bonds. The van der Waals surface area contributed by atoms with Crippen LogP contribution in [0.25, 0.3) is 0 Å². The second-order valence-electron chi connectivity index (χ2n) is 5.07. The van der Waals surface area contributed by atoms with Gasteiger partial charge in [-0.25, -0.2) is 9.97 Å². The lowest BCUT2D eigenvalue weighted by Gasteiger charge is -2.07. The van der Waals surface area contributed by atoms with Gasteiger partial charge in [-0.3, -0.25) is 0 Å². The number of anilines is 1. The van der Waals surface area contributed by atoms with Gasteiger partial charge in [0.1, 0.15) is 17.5 Å². The van der Waals surface area contributed by atoms with Gasteiger partial charge in [0.15, 0.2) is 5.82 Å². The van der Waals surface area contributed by atoms with Crippen LogP contribution < -0.4 is 5.73 Å². The molecule has 1 aliphatic carbocycles. The summed E-state index contributed by atoms with van der Waals surface area (Å²) in [5, 5.41) is 0.871.